The fourth-order valence-electron chi connectivity index (χ4n) is 2.11. The summed E-state index contributed by atoms with van der Waals surface area (Å²) in [5.41, 5.74) is 0. The van der Waals surface area contributed by atoms with Gasteiger partial charge in [0.05, 0.1) is 24.7 Å². The molecule has 0 heterocycles. The molecule has 2 radical (unpaired) electrons. The van der Waals surface area contributed by atoms with Crippen molar-refractivity contribution in [3.63, 3.8) is 0 Å². The Bertz CT molecular complexity index is 497. The van der Waals surface area contributed by atoms with Gasteiger partial charge in [0.2, 0.25) is 0 Å². The zero-order valence-corrected chi connectivity index (χ0v) is 24.2. The van der Waals surface area contributed by atoms with E-state index < -0.39 is 7.92 Å². The molecule has 0 bridgehead atoms. The molecule has 0 unspecified atom stereocenters. The molecule has 0 atom stereocenters. The second-order valence-corrected chi connectivity index (χ2v) is 19.4. The summed E-state index contributed by atoms with van der Waals surface area (Å²) in [6, 6.07) is 23.6. The summed E-state index contributed by atoms with van der Waals surface area (Å²) in [5.74, 6) is 0. The first-order valence-corrected chi connectivity index (χ1v) is 19.9. The maximum Gasteiger partial charge on any atom is 0.0966 e. The van der Waals surface area contributed by atoms with Crippen LogP contribution in [0.4, 0.5) is 0 Å². The van der Waals surface area contributed by atoms with Gasteiger partial charge in [0.1, 0.15) is 0 Å². The Morgan fingerprint density at radius 3 is 1.19 bits per heavy atom. The Balaban J connectivity index is 0. The van der Waals surface area contributed by atoms with Crippen molar-refractivity contribution in [2.45, 2.75) is 19.1 Å². The predicted molar refractivity (Wildman–Crippen MR) is 140 cm³/mol. The molecular formula is C22H41P3RhSi+3. The van der Waals surface area contributed by atoms with E-state index in [2.05, 4.69) is 114 Å². The van der Waals surface area contributed by atoms with Crippen molar-refractivity contribution in [2.75, 3.05) is 46.2 Å². The van der Waals surface area contributed by atoms with Gasteiger partial charge in [0, 0.05) is 68.3 Å². The van der Waals surface area contributed by atoms with Crippen molar-refractivity contribution in [3.05, 3.63) is 60.7 Å². The minimum absolute atomic E-state index is 0. The van der Waals surface area contributed by atoms with Gasteiger partial charge >= 0.3 is 0 Å². The number of hydrogen-bond acceptors (Lipinski definition) is 0. The Kier molecular flexibility index (Phi) is 20.5. The third-order valence-corrected chi connectivity index (χ3v) is 7.68. The molecule has 0 saturated heterocycles. The van der Waals surface area contributed by atoms with Gasteiger partial charge in [-0.1, -0.05) is 49.5 Å². The zero-order chi connectivity index (χ0) is 19.9. The summed E-state index contributed by atoms with van der Waals surface area (Å²) in [7, 11) is -0.447. The largest absolute Gasteiger partial charge is 0.0966 e. The molecule has 0 aliphatic rings. The van der Waals surface area contributed by atoms with Crippen LogP contribution >= 0.6 is 23.8 Å². The van der Waals surface area contributed by atoms with Gasteiger partial charge in [-0.3, -0.25) is 0 Å². The van der Waals surface area contributed by atoms with E-state index >= 15 is 0 Å². The molecular weight excluding hydrogens is 488 g/mol. The average Bonchev–Trinajstić information content (AvgIpc) is 2.56. The standard InChI is InChI=1S/C16H20PSi.2C3H9P.Rh/c1-18(2)14-13-17(15-9-5-3-6-10-15)16-11-7-4-8-12-16;2*1-4(2)3;/h3-12H,13-14H2,1-2H3;2*1-3H3;/p+3. The molecule has 0 N–H and O–H groups in total. The summed E-state index contributed by atoms with van der Waals surface area (Å²) in [6.45, 7) is 18.4. The minimum atomic E-state index is -0.569. The van der Waals surface area contributed by atoms with Crippen LogP contribution in [0.25, 0.3) is 0 Å². The molecule has 2 aromatic rings. The summed E-state index contributed by atoms with van der Waals surface area (Å²) in [6.07, 6.45) is 1.37. The van der Waals surface area contributed by atoms with E-state index in [4.69, 9.17) is 0 Å². The monoisotopic (exact) mass is 529 g/mol. The van der Waals surface area contributed by atoms with Gasteiger partial charge < -0.3 is 0 Å². The topological polar surface area (TPSA) is 0 Å². The van der Waals surface area contributed by atoms with Crippen LogP contribution in [0.5, 0.6) is 0 Å². The molecule has 0 amide bonds. The molecule has 0 aromatic heterocycles. The minimum Gasteiger partial charge on any atom is -0.0712 e. The summed E-state index contributed by atoms with van der Waals surface area (Å²) >= 11 is 0. The molecule has 154 valence electrons. The van der Waals surface area contributed by atoms with Crippen LogP contribution < -0.4 is 10.6 Å². The van der Waals surface area contributed by atoms with Crippen molar-refractivity contribution < 1.29 is 19.5 Å². The van der Waals surface area contributed by atoms with Crippen molar-refractivity contribution in [3.8, 4) is 0 Å². The fraction of sp³-hybridized carbons (Fsp3) is 0.455. The van der Waals surface area contributed by atoms with Gasteiger partial charge in [0.15, 0.2) is 0 Å². The van der Waals surface area contributed by atoms with Gasteiger partial charge in [-0.25, -0.2) is 0 Å². The van der Waals surface area contributed by atoms with Crippen LogP contribution in [-0.2, 0) is 19.5 Å². The Morgan fingerprint density at radius 1 is 0.630 bits per heavy atom. The van der Waals surface area contributed by atoms with Crippen LogP contribution in [0.15, 0.2) is 60.7 Å². The number of hydrogen-bond donors (Lipinski definition) is 0. The van der Waals surface area contributed by atoms with Crippen molar-refractivity contribution in [1.82, 2.24) is 0 Å². The van der Waals surface area contributed by atoms with Crippen molar-refractivity contribution >= 4 is 43.2 Å². The first-order chi connectivity index (χ1) is 12.2. The van der Waals surface area contributed by atoms with E-state index in [0.29, 0.717) is 0 Å². The molecule has 2 aromatic carbocycles. The maximum atomic E-state index is 2.42. The SMILES string of the molecule is C[PH+](C)C.C[PH+](C)C.C[Si](C)CC[PH+](c1ccccc1)c1ccccc1.[Rh]. The quantitative estimate of drug-likeness (QED) is 0.340. The van der Waals surface area contributed by atoms with Crippen molar-refractivity contribution in [2.24, 2.45) is 0 Å². The maximum absolute atomic E-state index is 2.42. The Morgan fingerprint density at radius 2 is 0.926 bits per heavy atom. The molecule has 2 rings (SSSR count). The first kappa shape index (κ1) is 29.8. The summed E-state index contributed by atoms with van der Waals surface area (Å²) in [5, 5.41) is 3.11. The van der Waals surface area contributed by atoms with Crippen LogP contribution in [0.3, 0.4) is 0 Å². The summed E-state index contributed by atoms with van der Waals surface area (Å²) < 4.78 is 0. The Hall–Kier alpha value is 0.570. The molecule has 0 aliphatic heterocycles. The molecule has 0 spiro atoms. The van der Waals surface area contributed by atoms with Gasteiger partial charge in [-0.05, 0) is 46.2 Å². The fourth-order valence-corrected chi connectivity index (χ4v) is 7.21. The van der Waals surface area contributed by atoms with Gasteiger partial charge in [0.25, 0.3) is 0 Å². The van der Waals surface area contributed by atoms with Gasteiger partial charge in [-0.15, -0.1) is 0 Å². The van der Waals surface area contributed by atoms with E-state index in [1.807, 2.05) is 0 Å². The van der Waals surface area contributed by atoms with E-state index in [1.165, 1.54) is 12.2 Å². The third kappa shape index (κ3) is 18.3. The smallest absolute Gasteiger partial charge is 0.0712 e. The molecule has 0 aliphatic carbocycles. The van der Waals surface area contributed by atoms with E-state index in [1.54, 1.807) is 10.6 Å². The predicted octanol–water partition coefficient (Wildman–Crippen LogP) is 5.78. The molecule has 27 heavy (non-hydrogen) atoms. The second-order valence-electron chi connectivity index (χ2n) is 7.92. The zero-order valence-electron chi connectivity index (χ0n) is 18.5. The number of rotatable bonds is 5. The van der Waals surface area contributed by atoms with Crippen LogP contribution in [-0.4, -0.2) is 54.9 Å². The van der Waals surface area contributed by atoms with Crippen LogP contribution in [0.1, 0.15) is 0 Å². The average molecular weight is 529 g/mol. The third-order valence-electron chi connectivity index (χ3n) is 3.12. The van der Waals surface area contributed by atoms with E-state index in [9.17, 15) is 0 Å². The van der Waals surface area contributed by atoms with E-state index in [-0.39, 0.29) is 44.1 Å². The second kappa shape index (κ2) is 18.6. The van der Waals surface area contributed by atoms with Crippen molar-refractivity contribution in [1.29, 1.82) is 0 Å². The number of benzene rings is 2. The van der Waals surface area contributed by atoms with Crippen LogP contribution in [0, 0.1) is 0 Å². The molecule has 0 fully saturated rings. The summed E-state index contributed by atoms with van der Waals surface area (Å²) in [4.78, 5) is 0. The van der Waals surface area contributed by atoms with E-state index in [0.717, 1.165) is 0 Å². The molecule has 0 nitrogen and oxygen atoms in total. The first-order valence-electron chi connectivity index (χ1n) is 9.53. The normalized spacial score (nSPS) is 10.1. The van der Waals surface area contributed by atoms with Gasteiger partial charge in [-0.2, -0.15) is 0 Å². The van der Waals surface area contributed by atoms with Crippen LogP contribution in [0.2, 0.25) is 19.1 Å². The molecule has 0 saturated carbocycles. The molecule has 5 heteroatoms. The Labute approximate surface area is 188 Å².